The number of carbonyl (C=O) groups excluding carboxylic acids is 1. The van der Waals surface area contributed by atoms with Crippen LogP contribution in [0.25, 0.3) is 11.1 Å². The van der Waals surface area contributed by atoms with Gasteiger partial charge in [0.2, 0.25) is 0 Å². The van der Waals surface area contributed by atoms with Crippen molar-refractivity contribution in [3.63, 3.8) is 0 Å². The number of nitrogens with one attached hydrogen (secondary N) is 2. The fourth-order valence-electron chi connectivity index (χ4n) is 2.73. The number of hydrogen-bond donors (Lipinski definition) is 2. The molecule has 0 aliphatic heterocycles. The van der Waals surface area contributed by atoms with Gasteiger partial charge in [-0.3, -0.25) is 0 Å². The van der Waals surface area contributed by atoms with Gasteiger partial charge in [0.15, 0.2) is 0 Å². The predicted molar refractivity (Wildman–Crippen MR) is 107 cm³/mol. The molecule has 2 N–H and O–H groups in total. The van der Waals surface area contributed by atoms with E-state index in [0.717, 1.165) is 0 Å². The highest BCUT2D eigenvalue weighted by Gasteiger charge is 2.17. The lowest BCUT2D eigenvalue weighted by Crippen LogP contribution is -2.41. The van der Waals surface area contributed by atoms with E-state index in [2.05, 4.69) is 54.0 Å². The summed E-state index contributed by atoms with van der Waals surface area (Å²) in [6.07, 6.45) is -0.383. The van der Waals surface area contributed by atoms with E-state index in [9.17, 15) is 4.79 Å². The second-order valence-corrected chi connectivity index (χ2v) is 7.66. The largest absolute Gasteiger partial charge is 0.444 e. The molecule has 0 saturated carbocycles. The van der Waals surface area contributed by atoms with E-state index in [1.54, 1.807) is 0 Å². The van der Waals surface area contributed by atoms with Gasteiger partial charge in [0.05, 0.1) is 0 Å². The SMILES string of the molecule is C[C@H](N[C@@H](C)CNC(=O)OC(C)(C)C)c1ccc(-c2ccccc2)cc1. The summed E-state index contributed by atoms with van der Waals surface area (Å²) >= 11 is 0. The maximum absolute atomic E-state index is 11.7. The molecule has 0 saturated heterocycles. The molecule has 0 aromatic heterocycles. The molecule has 0 heterocycles. The van der Waals surface area contributed by atoms with Gasteiger partial charge in [-0.25, -0.2) is 4.79 Å². The Balaban J connectivity index is 1.85. The van der Waals surface area contributed by atoms with Gasteiger partial charge in [0.25, 0.3) is 0 Å². The molecule has 4 nitrogen and oxygen atoms in total. The van der Waals surface area contributed by atoms with Crippen LogP contribution >= 0.6 is 0 Å². The van der Waals surface area contributed by atoms with Gasteiger partial charge in [-0.1, -0.05) is 54.6 Å². The van der Waals surface area contributed by atoms with E-state index in [-0.39, 0.29) is 18.2 Å². The van der Waals surface area contributed by atoms with E-state index in [0.29, 0.717) is 6.54 Å². The molecular weight excluding hydrogens is 324 g/mol. The van der Waals surface area contributed by atoms with Crippen LogP contribution in [-0.4, -0.2) is 24.3 Å². The first-order valence-corrected chi connectivity index (χ1v) is 9.13. The summed E-state index contributed by atoms with van der Waals surface area (Å²) < 4.78 is 5.26. The Morgan fingerprint density at radius 1 is 0.962 bits per heavy atom. The first-order valence-electron chi connectivity index (χ1n) is 9.13. The number of alkyl carbamates (subject to hydrolysis) is 1. The molecule has 2 atom stereocenters. The number of hydrogen-bond acceptors (Lipinski definition) is 3. The van der Waals surface area contributed by atoms with Crippen molar-refractivity contribution >= 4 is 6.09 Å². The molecule has 1 amide bonds. The van der Waals surface area contributed by atoms with Gasteiger partial charge >= 0.3 is 6.09 Å². The number of benzene rings is 2. The van der Waals surface area contributed by atoms with Crippen molar-refractivity contribution in [3.05, 3.63) is 60.2 Å². The fourth-order valence-corrected chi connectivity index (χ4v) is 2.73. The number of ether oxygens (including phenoxy) is 1. The zero-order chi connectivity index (χ0) is 19.2. The van der Waals surface area contributed by atoms with Crippen molar-refractivity contribution < 1.29 is 9.53 Å². The molecule has 0 aliphatic carbocycles. The van der Waals surface area contributed by atoms with Gasteiger partial charge in [0.1, 0.15) is 5.60 Å². The van der Waals surface area contributed by atoms with Crippen molar-refractivity contribution in [2.24, 2.45) is 0 Å². The molecule has 0 unspecified atom stereocenters. The molecular formula is C22H30N2O2. The van der Waals surface area contributed by atoms with E-state index in [1.807, 2.05) is 45.9 Å². The average molecular weight is 354 g/mol. The highest BCUT2D eigenvalue weighted by Crippen LogP contribution is 2.21. The number of carbonyl (C=O) groups is 1. The second kappa shape index (κ2) is 8.86. The Kier molecular flexibility index (Phi) is 6.81. The summed E-state index contributed by atoms with van der Waals surface area (Å²) in [5, 5.41) is 6.31. The summed E-state index contributed by atoms with van der Waals surface area (Å²) in [6.45, 7) is 10.3. The third-order valence-electron chi connectivity index (χ3n) is 4.00. The van der Waals surface area contributed by atoms with Crippen LogP contribution in [-0.2, 0) is 4.74 Å². The number of rotatable bonds is 6. The van der Waals surface area contributed by atoms with Crippen LogP contribution < -0.4 is 10.6 Å². The van der Waals surface area contributed by atoms with Crippen molar-refractivity contribution in [1.29, 1.82) is 0 Å². The monoisotopic (exact) mass is 354 g/mol. The maximum atomic E-state index is 11.7. The van der Waals surface area contributed by atoms with E-state index >= 15 is 0 Å². The molecule has 0 bridgehead atoms. The van der Waals surface area contributed by atoms with E-state index in [4.69, 9.17) is 4.74 Å². The summed E-state index contributed by atoms with van der Waals surface area (Å²) in [4.78, 5) is 11.7. The summed E-state index contributed by atoms with van der Waals surface area (Å²) in [5.41, 5.74) is 3.17. The Hall–Kier alpha value is -2.33. The highest BCUT2D eigenvalue weighted by molar-refractivity contribution is 5.67. The van der Waals surface area contributed by atoms with Crippen LogP contribution in [0.15, 0.2) is 54.6 Å². The summed E-state index contributed by atoms with van der Waals surface area (Å²) in [5.74, 6) is 0. The highest BCUT2D eigenvalue weighted by atomic mass is 16.6. The molecule has 2 aromatic rings. The van der Waals surface area contributed by atoms with E-state index in [1.165, 1.54) is 16.7 Å². The molecule has 0 radical (unpaired) electrons. The van der Waals surface area contributed by atoms with Crippen LogP contribution in [0, 0.1) is 0 Å². The van der Waals surface area contributed by atoms with Crippen LogP contribution in [0.2, 0.25) is 0 Å². The molecule has 4 heteroatoms. The van der Waals surface area contributed by atoms with Crippen molar-refractivity contribution in [2.45, 2.75) is 52.3 Å². The van der Waals surface area contributed by atoms with Gasteiger partial charge < -0.3 is 15.4 Å². The summed E-state index contributed by atoms with van der Waals surface area (Å²) in [6, 6.07) is 19.3. The zero-order valence-corrected chi connectivity index (χ0v) is 16.4. The lowest BCUT2D eigenvalue weighted by molar-refractivity contribution is 0.0522. The molecule has 140 valence electrons. The maximum Gasteiger partial charge on any atom is 0.407 e. The first-order chi connectivity index (χ1) is 12.2. The standard InChI is InChI=1S/C22H30N2O2/c1-16(15-23-21(25)26-22(3,4)5)24-17(2)18-11-13-20(14-12-18)19-9-7-6-8-10-19/h6-14,16-17,24H,15H2,1-5H3,(H,23,25)/t16-,17-/m0/s1. The Morgan fingerprint density at radius 3 is 2.12 bits per heavy atom. The average Bonchev–Trinajstić information content (AvgIpc) is 2.59. The lowest BCUT2D eigenvalue weighted by atomic mass is 10.0. The van der Waals surface area contributed by atoms with Gasteiger partial charge in [-0.05, 0) is 51.3 Å². The third-order valence-corrected chi connectivity index (χ3v) is 4.00. The van der Waals surface area contributed by atoms with Gasteiger partial charge in [0, 0.05) is 18.6 Å². The fraction of sp³-hybridized carbons (Fsp3) is 0.409. The van der Waals surface area contributed by atoms with Crippen molar-refractivity contribution in [3.8, 4) is 11.1 Å². The molecule has 2 aromatic carbocycles. The Bertz CT molecular complexity index is 690. The molecule has 26 heavy (non-hydrogen) atoms. The molecule has 0 fully saturated rings. The third kappa shape index (κ3) is 6.52. The van der Waals surface area contributed by atoms with Crippen molar-refractivity contribution in [1.82, 2.24) is 10.6 Å². The van der Waals surface area contributed by atoms with Crippen LogP contribution in [0.4, 0.5) is 4.79 Å². The minimum Gasteiger partial charge on any atom is -0.444 e. The van der Waals surface area contributed by atoms with E-state index < -0.39 is 5.60 Å². The van der Waals surface area contributed by atoms with Gasteiger partial charge in [-0.2, -0.15) is 0 Å². The van der Waals surface area contributed by atoms with Crippen LogP contribution in [0.1, 0.15) is 46.2 Å². The minimum absolute atomic E-state index is 0.131. The second-order valence-electron chi connectivity index (χ2n) is 7.66. The Labute approximate surface area is 157 Å². The predicted octanol–water partition coefficient (Wildman–Crippen LogP) is 4.92. The zero-order valence-electron chi connectivity index (χ0n) is 16.4. The van der Waals surface area contributed by atoms with Crippen molar-refractivity contribution in [2.75, 3.05) is 6.54 Å². The normalized spacial score (nSPS) is 13.7. The van der Waals surface area contributed by atoms with Gasteiger partial charge in [-0.15, -0.1) is 0 Å². The summed E-state index contributed by atoms with van der Waals surface area (Å²) in [7, 11) is 0. The smallest absolute Gasteiger partial charge is 0.407 e. The quantitative estimate of drug-likeness (QED) is 0.774. The lowest BCUT2D eigenvalue weighted by Gasteiger charge is -2.23. The molecule has 0 aliphatic rings. The minimum atomic E-state index is -0.478. The van der Waals surface area contributed by atoms with Crippen LogP contribution in [0.3, 0.4) is 0 Å². The number of amides is 1. The van der Waals surface area contributed by atoms with Crippen LogP contribution in [0.5, 0.6) is 0 Å². The Morgan fingerprint density at radius 2 is 1.54 bits per heavy atom. The first kappa shape index (κ1) is 20.0. The molecule has 2 rings (SSSR count). The topological polar surface area (TPSA) is 50.4 Å². The molecule has 0 spiro atoms.